The number of hydrogen-bond donors (Lipinski definition) is 0. The largest absolute Gasteiger partial charge is 0.469 e. The predicted octanol–water partition coefficient (Wildman–Crippen LogP) is 3.13. The summed E-state index contributed by atoms with van der Waals surface area (Å²) in [6, 6.07) is 9.89. The molecule has 0 amide bonds. The predicted molar refractivity (Wildman–Crippen MR) is 82.3 cm³/mol. The van der Waals surface area contributed by atoms with E-state index in [1.54, 1.807) is 6.08 Å². The molecule has 0 spiro atoms. The average molecular weight is 284 g/mol. The minimum absolute atomic E-state index is 0.00384. The minimum atomic E-state index is -0.421. The molecule has 0 N–H and O–H groups in total. The standard InChI is InChI=1S/C18H20O3/c1-3-14-11-15(10-9-13-7-5-4-6-8-13)17(16(14)12-19)18(20)21-2/h3-10,12,14-17H,1,11H2,2H3/b10-9+/t14?,15?,16-,17+/m0/s1. The molecule has 0 heterocycles. The summed E-state index contributed by atoms with van der Waals surface area (Å²) >= 11 is 0. The Morgan fingerprint density at radius 3 is 2.57 bits per heavy atom. The number of hydrogen-bond acceptors (Lipinski definition) is 3. The van der Waals surface area contributed by atoms with Crippen LogP contribution < -0.4 is 0 Å². The molecule has 0 radical (unpaired) electrons. The zero-order valence-corrected chi connectivity index (χ0v) is 12.1. The summed E-state index contributed by atoms with van der Waals surface area (Å²) < 4.78 is 4.88. The first-order valence-corrected chi connectivity index (χ1v) is 7.10. The summed E-state index contributed by atoms with van der Waals surface area (Å²) in [6.45, 7) is 3.78. The van der Waals surface area contributed by atoms with Crippen molar-refractivity contribution in [3.05, 3.63) is 54.6 Å². The molecule has 1 aliphatic carbocycles. The molecular weight excluding hydrogens is 264 g/mol. The maximum Gasteiger partial charge on any atom is 0.310 e. The van der Waals surface area contributed by atoms with Crippen molar-refractivity contribution in [2.24, 2.45) is 23.7 Å². The zero-order chi connectivity index (χ0) is 15.2. The molecule has 1 aromatic rings. The highest BCUT2D eigenvalue weighted by molar-refractivity contribution is 5.78. The molecule has 1 saturated carbocycles. The lowest BCUT2D eigenvalue weighted by Crippen LogP contribution is -2.27. The molecular formula is C18H20O3. The van der Waals surface area contributed by atoms with Crippen LogP contribution in [0.25, 0.3) is 6.08 Å². The van der Waals surface area contributed by atoms with Gasteiger partial charge < -0.3 is 9.53 Å². The van der Waals surface area contributed by atoms with Crippen LogP contribution in [0.4, 0.5) is 0 Å². The Balaban J connectivity index is 2.23. The number of allylic oxidation sites excluding steroid dienone is 2. The second kappa shape index (κ2) is 7.02. The van der Waals surface area contributed by atoms with Gasteiger partial charge in [-0.1, -0.05) is 48.6 Å². The van der Waals surface area contributed by atoms with Crippen LogP contribution in [0.2, 0.25) is 0 Å². The smallest absolute Gasteiger partial charge is 0.310 e. The van der Waals surface area contributed by atoms with E-state index in [1.165, 1.54) is 7.11 Å². The van der Waals surface area contributed by atoms with Crippen molar-refractivity contribution in [2.75, 3.05) is 7.11 Å². The van der Waals surface area contributed by atoms with Gasteiger partial charge in [0.2, 0.25) is 0 Å². The van der Waals surface area contributed by atoms with Crippen LogP contribution in [-0.4, -0.2) is 19.4 Å². The molecule has 4 atom stereocenters. The number of methoxy groups -OCH3 is 1. The third-order valence-electron chi connectivity index (χ3n) is 4.18. The molecule has 21 heavy (non-hydrogen) atoms. The molecule has 0 aliphatic heterocycles. The van der Waals surface area contributed by atoms with E-state index in [2.05, 4.69) is 6.58 Å². The lowest BCUT2D eigenvalue weighted by atomic mass is 9.87. The van der Waals surface area contributed by atoms with E-state index in [4.69, 9.17) is 4.74 Å². The molecule has 3 heteroatoms. The van der Waals surface area contributed by atoms with Gasteiger partial charge in [-0.15, -0.1) is 6.58 Å². The van der Waals surface area contributed by atoms with Crippen molar-refractivity contribution in [1.82, 2.24) is 0 Å². The number of aldehydes is 1. The van der Waals surface area contributed by atoms with Gasteiger partial charge in [-0.25, -0.2) is 0 Å². The number of benzene rings is 1. The summed E-state index contributed by atoms with van der Waals surface area (Å²) in [5.74, 6) is -1.07. The fourth-order valence-electron chi connectivity index (χ4n) is 3.07. The summed E-state index contributed by atoms with van der Waals surface area (Å²) in [4.78, 5) is 23.4. The van der Waals surface area contributed by atoms with E-state index in [1.807, 2.05) is 42.5 Å². The Hall–Kier alpha value is -2.16. The molecule has 3 nitrogen and oxygen atoms in total. The first-order valence-electron chi connectivity index (χ1n) is 7.10. The maximum absolute atomic E-state index is 12.0. The van der Waals surface area contributed by atoms with Crippen LogP contribution in [0, 0.1) is 23.7 Å². The molecule has 1 aromatic carbocycles. The van der Waals surface area contributed by atoms with Crippen LogP contribution in [-0.2, 0) is 14.3 Å². The number of rotatable bonds is 5. The van der Waals surface area contributed by atoms with Crippen molar-refractivity contribution in [2.45, 2.75) is 6.42 Å². The Kier molecular flexibility index (Phi) is 5.09. The van der Waals surface area contributed by atoms with Crippen LogP contribution >= 0.6 is 0 Å². The first kappa shape index (κ1) is 15.2. The fraction of sp³-hybridized carbons (Fsp3) is 0.333. The fourth-order valence-corrected chi connectivity index (χ4v) is 3.07. The van der Waals surface area contributed by atoms with E-state index in [-0.39, 0.29) is 23.7 Å². The molecule has 2 unspecified atom stereocenters. The number of carbonyl (C=O) groups is 2. The highest BCUT2D eigenvalue weighted by atomic mass is 16.5. The average Bonchev–Trinajstić information content (AvgIpc) is 2.90. The topological polar surface area (TPSA) is 43.4 Å². The lowest BCUT2D eigenvalue weighted by molar-refractivity contribution is -0.148. The van der Waals surface area contributed by atoms with Gasteiger partial charge in [0, 0.05) is 5.92 Å². The van der Waals surface area contributed by atoms with Gasteiger partial charge >= 0.3 is 5.97 Å². The summed E-state index contributed by atoms with van der Waals surface area (Å²) in [6.07, 6.45) is 7.39. The first-order chi connectivity index (χ1) is 10.2. The van der Waals surface area contributed by atoms with Crippen LogP contribution in [0.15, 0.2) is 49.1 Å². The van der Waals surface area contributed by atoms with E-state index in [0.29, 0.717) is 0 Å². The van der Waals surface area contributed by atoms with Crippen molar-refractivity contribution < 1.29 is 14.3 Å². The molecule has 1 fully saturated rings. The summed E-state index contributed by atoms with van der Waals surface area (Å²) in [5.41, 5.74) is 1.07. The number of carbonyl (C=O) groups excluding carboxylic acids is 2. The number of ether oxygens (including phenoxy) is 1. The van der Waals surface area contributed by atoms with Crippen molar-refractivity contribution in [3.63, 3.8) is 0 Å². The molecule has 2 rings (SSSR count). The van der Waals surface area contributed by atoms with Crippen molar-refractivity contribution in [3.8, 4) is 0 Å². The second-order valence-electron chi connectivity index (χ2n) is 5.33. The van der Waals surface area contributed by atoms with Gasteiger partial charge in [0.15, 0.2) is 0 Å². The van der Waals surface area contributed by atoms with Crippen molar-refractivity contribution in [1.29, 1.82) is 0 Å². The third kappa shape index (κ3) is 3.30. The monoisotopic (exact) mass is 284 g/mol. The Morgan fingerprint density at radius 2 is 2.00 bits per heavy atom. The van der Waals surface area contributed by atoms with Crippen LogP contribution in [0.1, 0.15) is 12.0 Å². The Morgan fingerprint density at radius 1 is 1.29 bits per heavy atom. The second-order valence-corrected chi connectivity index (χ2v) is 5.33. The number of esters is 1. The van der Waals surface area contributed by atoms with Crippen molar-refractivity contribution >= 4 is 18.3 Å². The van der Waals surface area contributed by atoms with Gasteiger partial charge in [0.25, 0.3) is 0 Å². The van der Waals surface area contributed by atoms with Gasteiger partial charge in [0.05, 0.1) is 13.0 Å². The van der Waals surface area contributed by atoms with Crippen LogP contribution in [0.3, 0.4) is 0 Å². The molecule has 110 valence electrons. The highest BCUT2D eigenvalue weighted by Crippen LogP contribution is 2.42. The van der Waals surface area contributed by atoms with E-state index in [0.717, 1.165) is 18.3 Å². The third-order valence-corrected chi connectivity index (χ3v) is 4.18. The summed E-state index contributed by atoms with van der Waals surface area (Å²) in [7, 11) is 1.36. The molecule has 0 bridgehead atoms. The quantitative estimate of drug-likeness (QED) is 0.474. The SMILES string of the molecule is C=CC1CC(/C=C/c2ccccc2)[C@@H](C(=O)OC)[C@H]1C=O. The van der Waals surface area contributed by atoms with Crippen LogP contribution in [0.5, 0.6) is 0 Å². The normalized spacial score (nSPS) is 28.4. The van der Waals surface area contributed by atoms with E-state index >= 15 is 0 Å². The zero-order valence-electron chi connectivity index (χ0n) is 12.1. The maximum atomic E-state index is 12.0. The van der Waals surface area contributed by atoms with Gasteiger partial charge in [-0.3, -0.25) is 4.79 Å². The molecule has 1 aliphatic rings. The minimum Gasteiger partial charge on any atom is -0.469 e. The van der Waals surface area contributed by atoms with E-state index < -0.39 is 5.92 Å². The van der Waals surface area contributed by atoms with Gasteiger partial charge in [0.1, 0.15) is 6.29 Å². The molecule has 0 saturated heterocycles. The van der Waals surface area contributed by atoms with Gasteiger partial charge in [-0.2, -0.15) is 0 Å². The highest BCUT2D eigenvalue weighted by Gasteiger charge is 2.45. The molecule has 0 aromatic heterocycles. The Bertz CT molecular complexity index is 533. The van der Waals surface area contributed by atoms with E-state index in [9.17, 15) is 9.59 Å². The summed E-state index contributed by atoms with van der Waals surface area (Å²) in [5, 5.41) is 0. The lowest BCUT2D eigenvalue weighted by Gasteiger charge is -2.17. The van der Waals surface area contributed by atoms with Gasteiger partial charge in [-0.05, 0) is 23.8 Å². The Labute approximate surface area is 125 Å².